The first-order valence-corrected chi connectivity index (χ1v) is 7.80. The van der Waals surface area contributed by atoms with Gasteiger partial charge in [-0.1, -0.05) is 39.8 Å². The third kappa shape index (κ3) is 2.94. The normalized spacial score (nSPS) is 14.2. The van der Waals surface area contributed by atoms with E-state index < -0.39 is 0 Å². The fraction of sp³-hybridized carbons (Fsp3) is 0.154. The summed E-state index contributed by atoms with van der Waals surface area (Å²) in [6, 6.07) is 9.50. The van der Waals surface area contributed by atoms with Crippen LogP contribution in [0, 0.1) is 0 Å². The van der Waals surface area contributed by atoms with Crippen LogP contribution in [0.3, 0.4) is 0 Å². The number of aromatic amines is 1. The molecule has 0 bridgehead atoms. The summed E-state index contributed by atoms with van der Waals surface area (Å²) < 4.78 is 1.01. The molecule has 2 heterocycles. The maximum atomic E-state index is 12.0. The Bertz CT molecular complexity index is 665. The van der Waals surface area contributed by atoms with E-state index in [0.29, 0.717) is 10.9 Å². The molecule has 0 aliphatic carbocycles. The first-order chi connectivity index (χ1) is 9.72. The van der Waals surface area contributed by atoms with Gasteiger partial charge in [-0.15, -0.1) is 0 Å². The second kappa shape index (κ2) is 5.80. The van der Waals surface area contributed by atoms with Gasteiger partial charge in [-0.25, -0.2) is 0 Å². The standard InChI is InChI=1S/C13H11BrN4OS/c14-9-3-1-8(2-4-9)10-7-11(18-17-10)12(19)16-13-15-5-6-20-13/h1-4,7H,5-6H2,(H,17,18)(H,15,16,19). The Balaban J connectivity index is 1.76. The first-order valence-electron chi connectivity index (χ1n) is 6.02. The number of halogens is 1. The van der Waals surface area contributed by atoms with Crippen molar-refractivity contribution in [3.8, 4) is 11.3 Å². The summed E-state index contributed by atoms with van der Waals surface area (Å²) in [5.41, 5.74) is 2.12. The highest BCUT2D eigenvalue weighted by molar-refractivity contribution is 9.10. The van der Waals surface area contributed by atoms with Crippen LogP contribution in [0.5, 0.6) is 0 Å². The summed E-state index contributed by atoms with van der Waals surface area (Å²) in [7, 11) is 0. The highest BCUT2D eigenvalue weighted by Gasteiger charge is 2.15. The van der Waals surface area contributed by atoms with Crippen molar-refractivity contribution < 1.29 is 4.79 Å². The highest BCUT2D eigenvalue weighted by Crippen LogP contribution is 2.20. The molecule has 0 saturated heterocycles. The molecule has 20 heavy (non-hydrogen) atoms. The molecular formula is C13H11BrN4OS. The lowest BCUT2D eigenvalue weighted by atomic mass is 10.1. The summed E-state index contributed by atoms with van der Waals surface area (Å²) in [5.74, 6) is 0.705. The van der Waals surface area contributed by atoms with Crippen molar-refractivity contribution in [1.82, 2.24) is 15.5 Å². The summed E-state index contributed by atoms with van der Waals surface area (Å²) in [6.45, 7) is 0.757. The predicted molar refractivity (Wildman–Crippen MR) is 83.9 cm³/mol. The average molecular weight is 351 g/mol. The van der Waals surface area contributed by atoms with Crippen LogP contribution >= 0.6 is 27.7 Å². The molecule has 0 fully saturated rings. The molecule has 2 N–H and O–H groups in total. The molecule has 3 rings (SSSR count). The van der Waals surface area contributed by atoms with Gasteiger partial charge in [0.2, 0.25) is 0 Å². The van der Waals surface area contributed by atoms with Crippen LogP contribution in [-0.4, -0.2) is 33.6 Å². The van der Waals surface area contributed by atoms with E-state index >= 15 is 0 Å². The zero-order valence-corrected chi connectivity index (χ0v) is 12.8. The molecule has 1 aliphatic rings. The van der Waals surface area contributed by atoms with Gasteiger partial charge < -0.3 is 0 Å². The van der Waals surface area contributed by atoms with Gasteiger partial charge in [0, 0.05) is 15.8 Å². The molecule has 7 heteroatoms. The van der Waals surface area contributed by atoms with Crippen molar-refractivity contribution in [3.63, 3.8) is 0 Å². The van der Waals surface area contributed by atoms with Crippen LogP contribution in [-0.2, 0) is 0 Å². The number of hydrogen-bond acceptors (Lipinski definition) is 4. The Kier molecular flexibility index (Phi) is 3.88. The van der Waals surface area contributed by atoms with Gasteiger partial charge in [0.25, 0.3) is 5.91 Å². The van der Waals surface area contributed by atoms with E-state index in [4.69, 9.17) is 0 Å². The van der Waals surface area contributed by atoms with Gasteiger partial charge >= 0.3 is 0 Å². The third-order valence-corrected chi connectivity index (χ3v) is 4.19. The minimum atomic E-state index is -0.214. The summed E-state index contributed by atoms with van der Waals surface area (Å²) in [5, 5.41) is 10.4. The second-order valence-electron chi connectivity index (χ2n) is 4.16. The first kappa shape index (κ1) is 13.4. The van der Waals surface area contributed by atoms with Gasteiger partial charge in [0.1, 0.15) is 5.69 Å². The quantitative estimate of drug-likeness (QED) is 0.874. The molecule has 1 amide bonds. The number of nitrogens with one attached hydrogen (secondary N) is 2. The maximum Gasteiger partial charge on any atom is 0.275 e. The van der Waals surface area contributed by atoms with Crippen molar-refractivity contribution >= 4 is 38.8 Å². The number of nitrogens with zero attached hydrogens (tertiary/aromatic N) is 2. The van der Waals surface area contributed by atoms with Crippen molar-refractivity contribution in [2.24, 2.45) is 4.99 Å². The Morgan fingerprint density at radius 3 is 2.85 bits per heavy atom. The predicted octanol–water partition coefficient (Wildman–Crippen LogP) is 2.67. The molecule has 2 aromatic rings. The topological polar surface area (TPSA) is 70.1 Å². The lowest BCUT2D eigenvalue weighted by Crippen LogP contribution is -2.27. The van der Waals surface area contributed by atoms with Gasteiger partial charge in [0.05, 0.1) is 12.2 Å². The molecule has 102 valence electrons. The van der Waals surface area contributed by atoms with Crippen LogP contribution in [0.2, 0.25) is 0 Å². The number of aliphatic imine (C=N–C) groups is 1. The highest BCUT2D eigenvalue weighted by atomic mass is 79.9. The number of hydrogen-bond donors (Lipinski definition) is 2. The number of rotatable bonds is 2. The van der Waals surface area contributed by atoms with Gasteiger partial charge in [0.15, 0.2) is 5.17 Å². The lowest BCUT2D eigenvalue weighted by Gasteiger charge is -2.00. The molecule has 0 radical (unpaired) electrons. The van der Waals surface area contributed by atoms with Crippen LogP contribution in [0.15, 0.2) is 39.8 Å². The van der Waals surface area contributed by atoms with Crippen molar-refractivity contribution in [2.45, 2.75) is 0 Å². The number of amidine groups is 1. The SMILES string of the molecule is O=C(NC1=NCCS1)c1cc(-c2ccc(Br)cc2)n[nH]1. The zero-order chi connectivity index (χ0) is 13.9. The monoisotopic (exact) mass is 350 g/mol. The molecule has 1 aromatic heterocycles. The zero-order valence-electron chi connectivity index (χ0n) is 10.4. The van der Waals surface area contributed by atoms with E-state index in [1.165, 1.54) is 0 Å². The average Bonchev–Trinajstić information content (AvgIpc) is 3.10. The summed E-state index contributed by atoms with van der Waals surface area (Å²) in [4.78, 5) is 16.2. The van der Waals surface area contributed by atoms with E-state index in [9.17, 15) is 4.79 Å². The summed E-state index contributed by atoms with van der Waals surface area (Å²) in [6.07, 6.45) is 0. The summed E-state index contributed by atoms with van der Waals surface area (Å²) >= 11 is 4.94. The van der Waals surface area contributed by atoms with E-state index in [1.54, 1.807) is 17.8 Å². The number of thioether (sulfide) groups is 1. The fourth-order valence-electron chi connectivity index (χ4n) is 1.78. The molecule has 0 spiro atoms. The van der Waals surface area contributed by atoms with Crippen molar-refractivity contribution in [1.29, 1.82) is 0 Å². The van der Waals surface area contributed by atoms with E-state index in [1.807, 2.05) is 24.3 Å². The number of carbonyl (C=O) groups is 1. The Morgan fingerprint density at radius 1 is 1.35 bits per heavy atom. The molecule has 1 aromatic carbocycles. The Labute approximate surface area is 128 Å². The third-order valence-electron chi connectivity index (χ3n) is 2.77. The van der Waals surface area contributed by atoms with Crippen LogP contribution in [0.4, 0.5) is 0 Å². The smallest absolute Gasteiger partial charge is 0.275 e. The molecule has 1 aliphatic heterocycles. The maximum absolute atomic E-state index is 12.0. The number of carbonyl (C=O) groups excluding carboxylic acids is 1. The number of amides is 1. The Morgan fingerprint density at radius 2 is 2.15 bits per heavy atom. The molecule has 0 unspecified atom stereocenters. The van der Waals surface area contributed by atoms with Gasteiger partial charge in [-0.05, 0) is 18.2 Å². The van der Waals surface area contributed by atoms with Gasteiger partial charge in [-0.2, -0.15) is 5.10 Å². The second-order valence-corrected chi connectivity index (χ2v) is 6.16. The van der Waals surface area contributed by atoms with Crippen molar-refractivity contribution in [2.75, 3.05) is 12.3 Å². The van der Waals surface area contributed by atoms with Gasteiger partial charge in [-0.3, -0.25) is 20.2 Å². The number of aromatic nitrogens is 2. The van der Waals surface area contributed by atoms with E-state index in [-0.39, 0.29) is 5.91 Å². The number of benzene rings is 1. The lowest BCUT2D eigenvalue weighted by molar-refractivity contribution is 0.0973. The largest absolute Gasteiger partial charge is 0.300 e. The molecule has 5 nitrogen and oxygen atoms in total. The van der Waals surface area contributed by atoms with Crippen molar-refractivity contribution in [3.05, 3.63) is 40.5 Å². The van der Waals surface area contributed by atoms with E-state index in [0.717, 1.165) is 28.0 Å². The molecule has 0 atom stereocenters. The van der Waals surface area contributed by atoms with Crippen LogP contribution in [0.1, 0.15) is 10.5 Å². The minimum absolute atomic E-state index is 0.214. The minimum Gasteiger partial charge on any atom is -0.300 e. The molecular weight excluding hydrogens is 340 g/mol. The van der Waals surface area contributed by atoms with Crippen LogP contribution < -0.4 is 5.32 Å². The fourth-order valence-corrected chi connectivity index (χ4v) is 2.77. The Hall–Kier alpha value is -1.60. The van der Waals surface area contributed by atoms with Crippen LogP contribution in [0.25, 0.3) is 11.3 Å². The molecule has 0 saturated carbocycles. The van der Waals surface area contributed by atoms with E-state index in [2.05, 4.69) is 36.4 Å². The number of H-pyrrole nitrogens is 1.